The SMILES string of the molecule is NCCON=C(C(=O)NC1C(=O)N2CC(C(=O)O)(C(CCN)Sc3nnn[nH]3)CS[C@H]12)c1csc(N)n1. The van der Waals surface area contributed by atoms with Crippen molar-refractivity contribution in [2.24, 2.45) is 22.0 Å². The molecule has 2 saturated heterocycles. The average molecular weight is 572 g/mol. The number of carboxylic acids is 1. The molecule has 2 aromatic rings. The number of thioether (sulfide) groups is 2. The zero-order chi connectivity index (χ0) is 26.6. The highest BCUT2D eigenvalue weighted by molar-refractivity contribution is 8.01. The number of nitrogens with one attached hydrogen (secondary N) is 2. The van der Waals surface area contributed by atoms with Crippen molar-refractivity contribution in [3.8, 4) is 0 Å². The number of β-lactam (4-membered cyclic amide) rings is 1. The Morgan fingerprint density at radius 1 is 1.43 bits per heavy atom. The largest absolute Gasteiger partial charge is 0.481 e. The second kappa shape index (κ2) is 11.6. The predicted octanol–water partition coefficient (Wildman–Crippen LogP) is -2.10. The summed E-state index contributed by atoms with van der Waals surface area (Å²) in [5.74, 6) is -1.95. The minimum Gasteiger partial charge on any atom is -0.481 e. The Kier molecular flexibility index (Phi) is 8.47. The minimum absolute atomic E-state index is 0.0480. The number of aromatic amines is 1. The number of nitrogens with zero attached hydrogens (tertiary/aromatic N) is 6. The third kappa shape index (κ3) is 5.49. The Morgan fingerprint density at radius 2 is 2.24 bits per heavy atom. The van der Waals surface area contributed by atoms with Gasteiger partial charge >= 0.3 is 5.97 Å². The van der Waals surface area contributed by atoms with Crippen molar-refractivity contribution in [3.05, 3.63) is 11.1 Å². The number of carbonyl (C=O) groups excluding carboxylic acids is 2. The monoisotopic (exact) mass is 571 g/mol. The molecule has 2 aliphatic rings. The van der Waals surface area contributed by atoms with Crippen LogP contribution in [0.2, 0.25) is 0 Å². The first kappa shape index (κ1) is 27.0. The molecular formula is C18H25N11O5S3. The van der Waals surface area contributed by atoms with Crippen LogP contribution in [-0.4, -0.2) is 108 Å². The molecule has 2 aromatic heterocycles. The van der Waals surface area contributed by atoms with Crippen LogP contribution in [0.5, 0.6) is 0 Å². The maximum Gasteiger partial charge on any atom is 0.313 e. The number of nitrogens with two attached hydrogens (primary N) is 3. The van der Waals surface area contributed by atoms with Gasteiger partial charge in [0.05, 0.1) is 0 Å². The summed E-state index contributed by atoms with van der Waals surface area (Å²) in [4.78, 5) is 49.3. The first-order valence-corrected chi connectivity index (χ1v) is 13.8. The lowest BCUT2D eigenvalue weighted by Crippen LogP contribution is -2.75. The standard InChI is InChI=1S/C18H25N11O5S3/c19-2-1-9(37-17-24-27-28-25-17)18(15(32)33)6-29-13(31)11(14(29)36-7-18)23-12(30)10(26-34-4-3-20)8-5-35-16(21)22-8/h5,9,11,14H,1-4,6-7,19-20H2,(H2,21,22)(H,23,30)(H,32,33)(H,24,25,27,28)/t9?,11?,14-,18?/m1/s1. The molecule has 200 valence electrons. The summed E-state index contributed by atoms with van der Waals surface area (Å²) in [6.45, 7) is 0.459. The number of hydrogen-bond donors (Lipinski definition) is 6. The number of thiazole rings is 1. The van der Waals surface area contributed by atoms with E-state index in [4.69, 9.17) is 22.0 Å². The fourth-order valence-electron chi connectivity index (χ4n) is 3.96. The topological polar surface area (TPSA) is 254 Å². The molecule has 9 N–H and O–H groups in total. The van der Waals surface area contributed by atoms with Crippen molar-refractivity contribution in [2.75, 3.05) is 37.7 Å². The number of aromatic nitrogens is 5. The molecule has 0 aliphatic carbocycles. The number of tetrazole rings is 1. The Balaban J connectivity index is 1.48. The van der Waals surface area contributed by atoms with Gasteiger partial charge in [0.25, 0.3) is 5.91 Å². The van der Waals surface area contributed by atoms with Crippen LogP contribution in [0.3, 0.4) is 0 Å². The molecule has 2 aliphatic heterocycles. The van der Waals surface area contributed by atoms with Crippen LogP contribution in [0, 0.1) is 5.41 Å². The van der Waals surface area contributed by atoms with Gasteiger partial charge < -0.3 is 37.4 Å². The Labute approximate surface area is 222 Å². The normalized spacial score (nSPS) is 24.2. The number of aliphatic carboxylic acids is 1. The first-order chi connectivity index (χ1) is 17.8. The van der Waals surface area contributed by atoms with Crippen molar-refractivity contribution in [1.82, 2.24) is 35.8 Å². The molecule has 16 nitrogen and oxygen atoms in total. The summed E-state index contributed by atoms with van der Waals surface area (Å²) in [6.07, 6.45) is 0.366. The maximum absolute atomic E-state index is 13.1. The van der Waals surface area contributed by atoms with Crippen molar-refractivity contribution >= 4 is 63.5 Å². The van der Waals surface area contributed by atoms with Crippen molar-refractivity contribution in [3.63, 3.8) is 0 Å². The Bertz CT molecular complexity index is 1160. The first-order valence-electron chi connectivity index (χ1n) is 11.0. The van der Waals surface area contributed by atoms with E-state index in [1.54, 1.807) is 5.38 Å². The van der Waals surface area contributed by atoms with Gasteiger partial charge in [-0.1, -0.05) is 16.9 Å². The van der Waals surface area contributed by atoms with E-state index in [0.717, 1.165) is 11.3 Å². The summed E-state index contributed by atoms with van der Waals surface area (Å²) in [7, 11) is 0. The van der Waals surface area contributed by atoms with Crippen molar-refractivity contribution in [1.29, 1.82) is 0 Å². The van der Waals surface area contributed by atoms with Gasteiger partial charge in [-0.3, -0.25) is 14.4 Å². The number of rotatable bonds is 12. The third-order valence-corrected chi connectivity index (χ3v) is 9.38. The van der Waals surface area contributed by atoms with Crippen LogP contribution in [-0.2, 0) is 19.2 Å². The Hall–Kier alpha value is -3.00. The number of H-pyrrole nitrogens is 1. The molecule has 0 bridgehead atoms. The number of carboxylic acid groups (broad SMARTS) is 1. The summed E-state index contributed by atoms with van der Waals surface area (Å²) in [5.41, 5.74) is 15.6. The summed E-state index contributed by atoms with van der Waals surface area (Å²) in [5, 5.41) is 31.5. The fraction of sp³-hybridized carbons (Fsp3) is 0.556. The number of anilines is 1. The summed E-state index contributed by atoms with van der Waals surface area (Å²) < 4.78 is 0. The van der Waals surface area contributed by atoms with Gasteiger partial charge in [-0.25, -0.2) is 10.1 Å². The molecule has 19 heteroatoms. The van der Waals surface area contributed by atoms with Crippen LogP contribution in [0.25, 0.3) is 0 Å². The van der Waals surface area contributed by atoms with Crippen LogP contribution in [0.4, 0.5) is 5.13 Å². The van der Waals surface area contributed by atoms with Gasteiger partial charge in [-0.2, -0.15) is 0 Å². The molecule has 2 fully saturated rings. The smallest absolute Gasteiger partial charge is 0.313 e. The number of hydrogen-bond acceptors (Lipinski definition) is 15. The molecular weight excluding hydrogens is 546 g/mol. The number of amides is 2. The molecule has 37 heavy (non-hydrogen) atoms. The fourth-order valence-corrected chi connectivity index (χ4v) is 7.42. The van der Waals surface area contributed by atoms with E-state index in [2.05, 4.69) is 36.1 Å². The molecule has 3 unspecified atom stereocenters. The van der Waals surface area contributed by atoms with Crippen LogP contribution in [0.1, 0.15) is 12.1 Å². The maximum atomic E-state index is 13.1. The summed E-state index contributed by atoms with van der Waals surface area (Å²) >= 11 is 3.57. The van der Waals surface area contributed by atoms with E-state index < -0.39 is 39.9 Å². The second-order valence-electron chi connectivity index (χ2n) is 8.10. The Morgan fingerprint density at radius 3 is 2.86 bits per heavy atom. The highest BCUT2D eigenvalue weighted by Crippen LogP contribution is 2.48. The second-order valence-corrected chi connectivity index (χ2v) is 11.3. The van der Waals surface area contributed by atoms with E-state index in [0.29, 0.717) is 11.6 Å². The molecule has 4 rings (SSSR count). The van der Waals surface area contributed by atoms with Gasteiger partial charge in [-0.15, -0.1) is 28.2 Å². The van der Waals surface area contributed by atoms with E-state index in [1.807, 2.05) is 0 Å². The van der Waals surface area contributed by atoms with Gasteiger partial charge in [0, 0.05) is 29.5 Å². The molecule has 0 radical (unpaired) electrons. The lowest BCUT2D eigenvalue weighted by atomic mass is 9.82. The van der Waals surface area contributed by atoms with E-state index >= 15 is 0 Å². The van der Waals surface area contributed by atoms with E-state index in [9.17, 15) is 19.5 Å². The van der Waals surface area contributed by atoms with Crippen molar-refractivity contribution < 1.29 is 24.3 Å². The van der Waals surface area contributed by atoms with E-state index in [1.165, 1.54) is 28.4 Å². The van der Waals surface area contributed by atoms with Gasteiger partial charge in [0.1, 0.15) is 29.1 Å². The number of fused-ring (bicyclic) bond motifs is 1. The predicted molar refractivity (Wildman–Crippen MR) is 136 cm³/mol. The lowest BCUT2D eigenvalue weighted by molar-refractivity contribution is -0.158. The molecule has 0 saturated carbocycles. The van der Waals surface area contributed by atoms with Crippen molar-refractivity contribution in [2.45, 2.75) is 28.2 Å². The highest BCUT2D eigenvalue weighted by atomic mass is 32.2. The van der Waals surface area contributed by atoms with Gasteiger partial charge in [0.2, 0.25) is 11.1 Å². The highest BCUT2D eigenvalue weighted by Gasteiger charge is 2.60. The number of carbonyl (C=O) groups is 3. The third-order valence-electron chi connectivity index (χ3n) is 5.79. The number of oxime groups is 1. The molecule has 0 spiro atoms. The minimum atomic E-state index is -1.30. The molecule has 2 amide bonds. The zero-order valence-corrected chi connectivity index (χ0v) is 21.7. The van der Waals surface area contributed by atoms with Crippen LogP contribution >= 0.6 is 34.9 Å². The average Bonchev–Trinajstić information content (AvgIpc) is 3.56. The van der Waals surface area contributed by atoms with Crippen LogP contribution < -0.4 is 22.5 Å². The molecule has 4 heterocycles. The molecule has 4 atom stereocenters. The zero-order valence-electron chi connectivity index (χ0n) is 19.3. The van der Waals surface area contributed by atoms with Crippen LogP contribution in [0.15, 0.2) is 15.7 Å². The van der Waals surface area contributed by atoms with Gasteiger partial charge in [0.15, 0.2) is 10.8 Å². The lowest BCUT2D eigenvalue weighted by Gasteiger charge is -2.55. The number of nitrogen functional groups attached to an aromatic ring is 1. The quantitative estimate of drug-likeness (QED) is 0.0524. The summed E-state index contributed by atoms with van der Waals surface area (Å²) in [6, 6.07) is -0.876. The molecule has 0 aromatic carbocycles. The van der Waals surface area contributed by atoms with Gasteiger partial charge in [-0.05, 0) is 23.4 Å². The van der Waals surface area contributed by atoms with E-state index in [-0.39, 0.29) is 48.5 Å².